The van der Waals surface area contributed by atoms with Gasteiger partial charge in [0.05, 0.1) is 5.56 Å². The van der Waals surface area contributed by atoms with Gasteiger partial charge in [-0.2, -0.15) is 0 Å². The summed E-state index contributed by atoms with van der Waals surface area (Å²) in [4.78, 5) is 22.3. The van der Waals surface area contributed by atoms with Crippen LogP contribution in [0.1, 0.15) is 34.6 Å². The van der Waals surface area contributed by atoms with Crippen molar-refractivity contribution < 1.29 is 4.79 Å². The number of thiazole rings is 1. The van der Waals surface area contributed by atoms with Crippen LogP contribution in [-0.2, 0) is 0 Å². The van der Waals surface area contributed by atoms with E-state index in [4.69, 9.17) is 0 Å². The predicted octanol–water partition coefficient (Wildman–Crippen LogP) is 4.09. The number of rotatable bonds is 5. The molecule has 2 aliphatic rings. The second-order valence-corrected chi connectivity index (χ2v) is 9.06. The van der Waals surface area contributed by atoms with Gasteiger partial charge in [-0.1, -0.05) is 0 Å². The molecule has 2 aromatic heterocycles. The van der Waals surface area contributed by atoms with E-state index in [-0.39, 0.29) is 5.91 Å². The van der Waals surface area contributed by atoms with Gasteiger partial charge in [-0.3, -0.25) is 14.3 Å². The van der Waals surface area contributed by atoms with E-state index in [2.05, 4.69) is 32.2 Å². The molecule has 0 atom stereocenters. The molecule has 3 heterocycles. The molecule has 1 amide bonds. The minimum atomic E-state index is -0.0864. The van der Waals surface area contributed by atoms with Crippen LogP contribution in [0, 0.1) is 13.8 Å². The van der Waals surface area contributed by atoms with Crippen LogP contribution in [0.4, 0.5) is 11.4 Å². The van der Waals surface area contributed by atoms with E-state index in [1.54, 1.807) is 17.5 Å². The van der Waals surface area contributed by atoms with Crippen molar-refractivity contribution in [2.75, 3.05) is 36.4 Å². The van der Waals surface area contributed by atoms with Crippen molar-refractivity contribution in [1.29, 1.82) is 0 Å². The number of carbonyl (C=O) groups excluding carboxylic acids is 1. The van der Waals surface area contributed by atoms with E-state index in [1.165, 1.54) is 18.5 Å². The highest BCUT2D eigenvalue weighted by atomic mass is 32.1. The molecule has 0 bridgehead atoms. The standard InChI is InChI=1S/C23H27N5OS/c1-16-15-21(17(2)28(16)23-24-9-14-30-23)22(29)25-18-3-5-19(6-4-18)26-10-12-27(13-11-26)20-7-8-20/h3-6,9,14-15,20H,7-8,10-13H2,1-2H3,(H,25,29). The number of nitrogens with one attached hydrogen (secondary N) is 1. The van der Waals surface area contributed by atoms with E-state index >= 15 is 0 Å². The third kappa shape index (κ3) is 3.75. The number of nitrogens with zero attached hydrogens (tertiary/aromatic N) is 4. The highest BCUT2D eigenvalue weighted by Gasteiger charge is 2.31. The van der Waals surface area contributed by atoms with Crippen molar-refractivity contribution >= 4 is 28.6 Å². The number of piperazine rings is 1. The lowest BCUT2D eigenvalue weighted by Gasteiger charge is -2.36. The molecule has 1 aliphatic carbocycles. The number of aromatic nitrogens is 2. The van der Waals surface area contributed by atoms with Gasteiger partial charge < -0.3 is 10.2 Å². The summed E-state index contributed by atoms with van der Waals surface area (Å²) in [6.07, 6.45) is 4.53. The van der Waals surface area contributed by atoms with Crippen LogP contribution in [0.15, 0.2) is 41.9 Å². The summed E-state index contributed by atoms with van der Waals surface area (Å²) in [6, 6.07) is 11.0. The molecule has 5 rings (SSSR count). The zero-order valence-corrected chi connectivity index (χ0v) is 18.3. The maximum atomic E-state index is 12.9. The molecule has 30 heavy (non-hydrogen) atoms. The first kappa shape index (κ1) is 19.3. The molecule has 1 aliphatic heterocycles. The zero-order valence-electron chi connectivity index (χ0n) is 17.5. The predicted molar refractivity (Wildman–Crippen MR) is 122 cm³/mol. The van der Waals surface area contributed by atoms with Gasteiger partial charge in [0, 0.05) is 66.6 Å². The van der Waals surface area contributed by atoms with Crippen molar-refractivity contribution in [3.05, 3.63) is 58.9 Å². The Labute approximate surface area is 181 Å². The van der Waals surface area contributed by atoms with Crippen LogP contribution in [-0.4, -0.2) is 52.6 Å². The summed E-state index contributed by atoms with van der Waals surface area (Å²) in [5.74, 6) is -0.0864. The topological polar surface area (TPSA) is 53.4 Å². The molecule has 0 spiro atoms. The van der Waals surface area contributed by atoms with Gasteiger partial charge in [-0.25, -0.2) is 4.98 Å². The van der Waals surface area contributed by atoms with Crippen molar-refractivity contribution in [2.45, 2.75) is 32.7 Å². The van der Waals surface area contributed by atoms with Crippen molar-refractivity contribution in [2.24, 2.45) is 0 Å². The Bertz CT molecular complexity index is 1030. The first-order valence-electron chi connectivity index (χ1n) is 10.6. The molecular weight excluding hydrogens is 394 g/mol. The number of carbonyl (C=O) groups is 1. The quantitative estimate of drug-likeness (QED) is 0.674. The third-order valence-corrected chi connectivity index (χ3v) is 6.91. The highest BCUT2D eigenvalue weighted by Crippen LogP contribution is 2.29. The minimum absolute atomic E-state index is 0.0864. The Hall–Kier alpha value is -2.64. The van der Waals surface area contributed by atoms with Crippen LogP contribution in [0.2, 0.25) is 0 Å². The summed E-state index contributed by atoms with van der Waals surface area (Å²) in [5.41, 5.74) is 4.64. The minimum Gasteiger partial charge on any atom is -0.369 e. The van der Waals surface area contributed by atoms with E-state index in [0.29, 0.717) is 5.56 Å². The fraction of sp³-hybridized carbons (Fsp3) is 0.391. The van der Waals surface area contributed by atoms with E-state index in [1.807, 2.05) is 42.0 Å². The first-order chi connectivity index (χ1) is 14.6. The van der Waals surface area contributed by atoms with Gasteiger partial charge in [-0.05, 0) is 57.0 Å². The lowest BCUT2D eigenvalue weighted by Crippen LogP contribution is -2.47. The average Bonchev–Trinajstić information content (AvgIpc) is 3.39. The van der Waals surface area contributed by atoms with Crippen LogP contribution < -0.4 is 10.2 Å². The molecule has 0 radical (unpaired) electrons. The fourth-order valence-electron chi connectivity index (χ4n) is 4.35. The lowest BCUT2D eigenvalue weighted by atomic mass is 10.2. The van der Waals surface area contributed by atoms with E-state index < -0.39 is 0 Å². The van der Waals surface area contributed by atoms with Gasteiger partial charge in [0.1, 0.15) is 0 Å². The lowest BCUT2D eigenvalue weighted by molar-refractivity contribution is 0.102. The summed E-state index contributed by atoms with van der Waals surface area (Å²) in [6.45, 7) is 8.42. The Morgan fingerprint density at radius 1 is 1.10 bits per heavy atom. The first-order valence-corrected chi connectivity index (χ1v) is 11.5. The molecule has 2 fully saturated rings. The SMILES string of the molecule is Cc1cc(C(=O)Nc2ccc(N3CCN(C4CC4)CC3)cc2)c(C)n1-c1nccs1. The van der Waals surface area contributed by atoms with Gasteiger partial charge in [0.2, 0.25) is 0 Å². The van der Waals surface area contributed by atoms with Crippen LogP contribution in [0.25, 0.3) is 5.13 Å². The molecule has 0 unspecified atom stereocenters. The Balaban J connectivity index is 1.25. The van der Waals surface area contributed by atoms with Gasteiger partial charge in [0.15, 0.2) is 5.13 Å². The number of benzene rings is 1. The van der Waals surface area contributed by atoms with Crippen LogP contribution >= 0.6 is 11.3 Å². The maximum absolute atomic E-state index is 12.9. The van der Waals surface area contributed by atoms with Gasteiger partial charge in [0.25, 0.3) is 5.91 Å². The Morgan fingerprint density at radius 2 is 1.83 bits per heavy atom. The monoisotopic (exact) mass is 421 g/mol. The zero-order chi connectivity index (χ0) is 20.7. The van der Waals surface area contributed by atoms with Gasteiger partial charge in [-0.15, -0.1) is 11.3 Å². The van der Waals surface area contributed by atoms with E-state index in [0.717, 1.165) is 54.4 Å². The van der Waals surface area contributed by atoms with Crippen molar-refractivity contribution in [1.82, 2.24) is 14.5 Å². The fourth-order valence-corrected chi connectivity index (χ4v) is 5.10. The highest BCUT2D eigenvalue weighted by molar-refractivity contribution is 7.12. The summed E-state index contributed by atoms with van der Waals surface area (Å²) in [7, 11) is 0. The molecule has 3 aromatic rings. The summed E-state index contributed by atoms with van der Waals surface area (Å²) >= 11 is 1.57. The number of anilines is 2. The molecule has 1 saturated heterocycles. The second-order valence-electron chi connectivity index (χ2n) is 8.19. The van der Waals surface area contributed by atoms with Gasteiger partial charge >= 0.3 is 0 Å². The second kappa shape index (κ2) is 7.89. The number of aryl methyl sites for hydroxylation is 1. The van der Waals surface area contributed by atoms with E-state index in [9.17, 15) is 4.79 Å². The Morgan fingerprint density at radius 3 is 2.47 bits per heavy atom. The average molecular weight is 422 g/mol. The Kier molecular flexibility index (Phi) is 5.08. The molecule has 1 aromatic carbocycles. The third-order valence-electron chi connectivity index (χ3n) is 6.15. The molecule has 6 nitrogen and oxygen atoms in total. The van der Waals surface area contributed by atoms with Crippen LogP contribution in [0.3, 0.4) is 0 Å². The molecule has 7 heteroatoms. The normalized spacial score (nSPS) is 17.3. The number of amides is 1. The summed E-state index contributed by atoms with van der Waals surface area (Å²) < 4.78 is 2.03. The molecule has 1 N–H and O–H groups in total. The smallest absolute Gasteiger partial charge is 0.257 e. The molecule has 1 saturated carbocycles. The molecule has 156 valence electrons. The maximum Gasteiger partial charge on any atom is 0.257 e. The largest absolute Gasteiger partial charge is 0.369 e. The van der Waals surface area contributed by atoms with Crippen LogP contribution in [0.5, 0.6) is 0 Å². The molecular formula is C23H27N5OS. The van der Waals surface area contributed by atoms with Crippen molar-refractivity contribution in [3.63, 3.8) is 0 Å². The summed E-state index contributed by atoms with van der Waals surface area (Å²) in [5, 5.41) is 5.88. The number of hydrogen-bond acceptors (Lipinski definition) is 5. The van der Waals surface area contributed by atoms with Crippen molar-refractivity contribution in [3.8, 4) is 5.13 Å². The number of hydrogen-bond donors (Lipinski definition) is 1.